The molecule has 0 aromatic rings. The third-order valence-corrected chi connectivity index (χ3v) is 2.83. The highest BCUT2D eigenvalue weighted by atomic mass is 16.2. The molecule has 0 saturated carbocycles. The van der Waals surface area contributed by atoms with E-state index in [9.17, 15) is 4.79 Å². The molecule has 0 spiro atoms. The fraction of sp³-hybridized carbons (Fsp3) is 0.923. The molecule has 5 heteroatoms. The largest absolute Gasteiger partial charge is 0.338 e. The second-order valence-corrected chi connectivity index (χ2v) is 6.63. The molecule has 0 radical (unpaired) electrons. The minimum Gasteiger partial charge on any atom is -0.338 e. The first-order valence-corrected chi connectivity index (χ1v) is 6.75. The first-order chi connectivity index (χ1) is 8.18. The van der Waals surface area contributed by atoms with Crippen molar-refractivity contribution < 1.29 is 4.79 Å². The van der Waals surface area contributed by atoms with Crippen LogP contribution in [0.15, 0.2) is 0 Å². The van der Waals surface area contributed by atoms with Gasteiger partial charge in [0.05, 0.1) is 0 Å². The lowest BCUT2D eigenvalue weighted by Gasteiger charge is -2.33. The Balaban J connectivity index is 2.16. The SMILES string of the molecule is CC(C)(N)CC(C)(C)NC(=O)NCCCN1CC1. The lowest BCUT2D eigenvalue weighted by atomic mass is 9.88. The zero-order valence-corrected chi connectivity index (χ0v) is 12.2. The summed E-state index contributed by atoms with van der Waals surface area (Å²) < 4.78 is 0. The molecule has 18 heavy (non-hydrogen) atoms. The van der Waals surface area contributed by atoms with E-state index in [-0.39, 0.29) is 17.1 Å². The van der Waals surface area contributed by atoms with Gasteiger partial charge in [0, 0.05) is 30.7 Å². The van der Waals surface area contributed by atoms with Gasteiger partial charge in [-0.3, -0.25) is 0 Å². The van der Waals surface area contributed by atoms with Gasteiger partial charge in [0.2, 0.25) is 0 Å². The Morgan fingerprint density at radius 1 is 1.28 bits per heavy atom. The van der Waals surface area contributed by atoms with Crippen LogP contribution in [-0.4, -0.2) is 48.2 Å². The molecule has 1 fully saturated rings. The summed E-state index contributed by atoms with van der Waals surface area (Å²) in [5, 5.41) is 5.86. The number of rotatable bonds is 7. The summed E-state index contributed by atoms with van der Waals surface area (Å²) in [7, 11) is 0. The van der Waals surface area contributed by atoms with Crippen LogP contribution in [0.5, 0.6) is 0 Å². The molecule has 1 aliphatic heterocycles. The van der Waals surface area contributed by atoms with Gasteiger partial charge < -0.3 is 21.3 Å². The Morgan fingerprint density at radius 3 is 2.39 bits per heavy atom. The highest BCUT2D eigenvalue weighted by Gasteiger charge is 2.27. The van der Waals surface area contributed by atoms with Crippen molar-refractivity contribution in [3.8, 4) is 0 Å². The van der Waals surface area contributed by atoms with Crippen molar-refractivity contribution >= 4 is 6.03 Å². The predicted octanol–water partition coefficient (Wildman–Crippen LogP) is 0.897. The van der Waals surface area contributed by atoms with Crippen molar-refractivity contribution in [2.24, 2.45) is 5.73 Å². The van der Waals surface area contributed by atoms with E-state index in [1.165, 1.54) is 13.1 Å². The maximum absolute atomic E-state index is 11.7. The van der Waals surface area contributed by atoms with Crippen molar-refractivity contribution in [1.29, 1.82) is 0 Å². The number of nitrogens with two attached hydrogens (primary N) is 1. The Bertz CT molecular complexity index is 279. The summed E-state index contributed by atoms with van der Waals surface area (Å²) in [4.78, 5) is 14.1. The Labute approximate surface area is 110 Å². The highest BCUT2D eigenvalue weighted by molar-refractivity contribution is 5.74. The van der Waals surface area contributed by atoms with Crippen LogP contribution < -0.4 is 16.4 Å². The van der Waals surface area contributed by atoms with Crippen molar-refractivity contribution in [3.05, 3.63) is 0 Å². The van der Waals surface area contributed by atoms with E-state index < -0.39 is 0 Å². The second kappa shape index (κ2) is 5.89. The highest BCUT2D eigenvalue weighted by Crippen LogP contribution is 2.17. The fourth-order valence-corrected chi connectivity index (χ4v) is 2.33. The maximum atomic E-state index is 11.7. The standard InChI is InChI=1S/C13H28N4O/c1-12(2,14)10-13(3,4)16-11(18)15-6-5-7-17-8-9-17/h5-10,14H2,1-4H3,(H2,15,16,18). The van der Waals surface area contributed by atoms with Gasteiger partial charge in [-0.2, -0.15) is 0 Å². The average Bonchev–Trinajstić information content (AvgIpc) is 2.90. The van der Waals surface area contributed by atoms with Crippen molar-refractivity contribution in [3.63, 3.8) is 0 Å². The molecule has 1 heterocycles. The molecule has 106 valence electrons. The zero-order valence-electron chi connectivity index (χ0n) is 12.2. The quantitative estimate of drug-likeness (QED) is 0.468. The molecule has 4 N–H and O–H groups in total. The molecular formula is C13H28N4O. The summed E-state index contributed by atoms with van der Waals surface area (Å²) in [5.74, 6) is 0. The van der Waals surface area contributed by atoms with Crippen LogP contribution in [-0.2, 0) is 0 Å². The summed E-state index contributed by atoms with van der Waals surface area (Å²) >= 11 is 0. The summed E-state index contributed by atoms with van der Waals surface area (Å²) in [6.45, 7) is 12.2. The van der Waals surface area contributed by atoms with Crippen LogP contribution in [0.25, 0.3) is 0 Å². The Hall–Kier alpha value is -0.810. The molecule has 5 nitrogen and oxygen atoms in total. The molecule has 0 aromatic heterocycles. The van der Waals surface area contributed by atoms with E-state index in [0.29, 0.717) is 0 Å². The number of carbonyl (C=O) groups is 1. The van der Waals surface area contributed by atoms with Gasteiger partial charge in [0.15, 0.2) is 0 Å². The van der Waals surface area contributed by atoms with Crippen LogP contribution in [0.4, 0.5) is 4.79 Å². The average molecular weight is 256 g/mol. The molecule has 1 aliphatic rings. The van der Waals surface area contributed by atoms with Gasteiger partial charge >= 0.3 is 6.03 Å². The monoisotopic (exact) mass is 256 g/mol. The minimum atomic E-state index is -0.289. The third-order valence-electron chi connectivity index (χ3n) is 2.83. The molecule has 1 rings (SSSR count). The van der Waals surface area contributed by atoms with Gasteiger partial charge in [0.25, 0.3) is 0 Å². The van der Waals surface area contributed by atoms with Gasteiger partial charge in [-0.25, -0.2) is 4.79 Å². The zero-order chi connectivity index (χ0) is 13.8. The number of nitrogens with one attached hydrogen (secondary N) is 2. The lowest BCUT2D eigenvalue weighted by Crippen LogP contribution is -2.53. The van der Waals surface area contributed by atoms with E-state index in [1.807, 2.05) is 27.7 Å². The van der Waals surface area contributed by atoms with E-state index >= 15 is 0 Å². The van der Waals surface area contributed by atoms with Crippen LogP contribution in [0.1, 0.15) is 40.5 Å². The summed E-state index contributed by atoms with van der Waals surface area (Å²) in [6, 6.07) is -0.102. The number of amides is 2. The lowest BCUT2D eigenvalue weighted by molar-refractivity contribution is 0.221. The van der Waals surface area contributed by atoms with E-state index in [1.54, 1.807) is 0 Å². The number of carbonyl (C=O) groups excluding carboxylic acids is 1. The first kappa shape index (κ1) is 15.2. The maximum Gasteiger partial charge on any atom is 0.315 e. The van der Waals surface area contributed by atoms with E-state index in [2.05, 4.69) is 15.5 Å². The molecular weight excluding hydrogens is 228 g/mol. The molecule has 0 aromatic carbocycles. The van der Waals surface area contributed by atoms with Gasteiger partial charge in [-0.15, -0.1) is 0 Å². The Kier molecular flexibility index (Phi) is 4.99. The van der Waals surface area contributed by atoms with E-state index in [4.69, 9.17) is 5.73 Å². The van der Waals surface area contributed by atoms with Crippen molar-refractivity contribution in [1.82, 2.24) is 15.5 Å². The van der Waals surface area contributed by atoms with Crippen molar-refractivity contribution in [2.75, 3.05) is 26.2 Å². The normalized spacial score (nSPS) is 16.5. The molecule has 2 amide bonds. The van der Waals surface area contributed by atoms with Crippen LogP contribution in [0.3, 0.4) is 0 Å². The number of urea groups is 1. The molecule has 0 bridgehead atoms. The Morgan fingerprint density at radius 2 is 1.89 bits per heavy atom. The molecule has 0 atom stereocenters. The predicted molar refractivity (Wildman–Crippen MR) is 74.6 cm³/mol. The van der Waals surface area contributed by atoms with Gasteiger partial charge in [-0.1, -0.05) is 0 Å². The fourth-order valence-electron chi connectivity index (χ4n) is 2.33. The summed E-state index contributed by atoms with van der Waals surface area (Å²) in [6.07, 6.45) is 1.75. The van der Waals surface area contributed by atoms with Gasteiger partial charge in [0.1, 0.15) is 0 Å². The van der Waals surface area contributed by atoms with Gasteiger partial charge in [-0.05, 0) is 47.1 Å². The third kappa shape index (κ3) is 7.50. The molecule has 0 unspecified atom stereocenters. The molecule has 0 aliphatic carbocycles. The topological polar surface area (TPSA) is 70.2 Å². The number of hydrogen-bond acceptors (Lipinski definition) is 3. The molecule has 1 saturated heterocycles. The number of hydrogen-bond donors (Lipinski definition) is 3. The second-order valence-electron chi connectivity index (χ2n) is 6.63. The van der Waals surface area contributed by atoms with Crippen LogP contribution >= 0.6 is 0 Å². The van der Waals surface area contributed by atoms with E-state index in [0.717, 1.165) is 25.9 Å². The van der Waals surface area contributed by atoms with Crippen LogP contribution in [0.2, 0.25) is 0 Å². The van der Waals surface area contributed by atoms with Crippen LogP contribution in [0, 0.1) is 0 Å². The number of nitrogens with zero attached hydrogens (tertiary/aromatic N) is 1. The smallest absolute Gasteiger partial charge is 0.315 e. The van der Waals surface area contributed by atoms with Crippen molar-refractivity contribution in [2.45, 2.75) is 51.6 Å². The summed E-state index contributed by atoms with van der Waals surface area (Å²) in [5.41, 5.74) is 5.41. The minimum absolute atomic E-state index is 0.102. The first-order valence-electron chi connectivity index (χ1n) is 6.75.